The first-order valence-electron chi connectivity index (χ1n) is 6.40. The zero-order valence-corrected chi connectivity index (χ0v) is 12.1. The van der Waals surface area contributed by atoms with E-state index in [1.807, 2.05) is 31.9 Å². The van der Waals surface area contributed by atoms with Crippen LogP contribution in [0.1, 0.15) is 24.2 Å². The van der Waals surface area contributed by atoms with Gasteiger partial charge in [0.1, 0.15) is 0 Å². The van der Waals surface area contributed by atoms with Crippen molar-refractivity contribution in [3.63, 3.8) is 0 Å². The lowest BCUT2D eigenvalue weighted by Gasteiger charge is -2.22. The number of likely N-dealkylation sites (N-methyl/N-ethyl adjacent to an activating group) is 1. The SMILES string of the molecule is CNC(=O)c1ccc(N(C)CCOC(C)C)c(N)c1. The molecule has 0 unspecified atom stereocenters. The predicted octanol–water partition coefficient (Wildman–Crippen LogP) is 1.49. The van der Waals surface area contributed by atoms with E-state index in [9.17, 15) is 4.79 Å². The Labute approximate surface area is 114 Å². The summed E-state index contributed by atoms with van der Waals surface area (Å²) in [7, 11) is 3.55. The molecule has 1 aromatic carbocycles. The first kappa shape index (κ1) is 15.3. The van der Waals surface area contributed by atoms with Crippen LogP contribution in [-0.4, -0.2) is 39.3 Å². The maximum Gasteiger partial charge on any atom is 0.251 e. The minimum atomic E-state index is -0.135. The summed E-state index contributed by atoms with van der Waals surface area (Å²) in [5.41, 5.74) is 8.04. The zero-order valence-electron chi connectivity index (χ0n) is 12.1. The summed E-state index contributed by atoms with van der Waals surface area (Å²) in [5.74, 6) is -0.135. The van der Waals surface area contributed by atoms with Crippen molar-refractivity contribution < 1.29 is 9.53 Å². The van der Waals surface area contributed by atoms with Crippen molar-refractivity contribution in [2.45, 2.75) is 20.0 Å². The van der Waals surface area contributed by atoms with Gasteiger partial charge in [-0.2, -0.15) is 0 Å². The number of hydrogen-bond donors (Lipinski definition) is 2. The molecule has 106 valence electrons. The Morgan fingerprint density at radius 2 is 2.16 bits per heavy atom. The van der Waals surface area contributed by atoms with Gasteiger partial charge in [0.05, 0.1) is 24.1 Å². The molecule has 0 aliphatic carbocycles. The molecule has 0 saturated carbocycles. The fraction of sp³-hybridized carbons (Fsp3) is 0.500. The molecule has 0 aliphatic rings. The van der Waals surface area contributed by atoms with Crippen molar-refractivity contribution in [1.82, 2.24) is 5.32 Å². The number of hydrogen-bond acceptors (Lipinski definition) is 4. The number of carbonyl (C=O) groups is 1. The number of benzene rings is 1. The van der Waals surface area contributed by atoms with E-state index in [0.717, 1.165) is 12.2 Å². The van der Waals surface area contributed by atoms with Crippen LogP contribution in [0.2, 0.25) is 0 Å². The van der Waals surface area contributed by atoms with E-state index in [1.165, 1.54) is 0 Å². The second kappa shape index (κ2) is 6.99. The summed E-state index contributed by atoms with van der Waals surface area (Å²) in [6.07, 6.45) is 0.223. The highest BCUT2D eigenvalue weighted by molar-refractivity contribution is 5.95. The maximum atomic E-state index is 11.5. The van der Waals surface area contributed by atoms with E-state index in [1.54, 1.807) is 19.2 Å². The molecular formula is C14H23N3O2. The van der Waals surface area contributed by atoms with Gasteiger partial charge in [0, 0.05) is 26.2 Å². The molecule has 0 fully saturated rings. The third kappa shape index (κ3) is 4.44. The lowest BCUT2D eigenvalue weighted by Crippen LogP contribution is -2.25. The van der Waals surface area contributed by atoms with E-state index in [-0.39, 0.29) is 12.0 Å². The summed E-state index contributed by atoms with van der Waals surface area (Å²) in [4.78, 5) is 13.5. The lowest BCUT2D eigenvalue weighted by molar-refractivity contribution is 0.0846. The molecule has 5 nitrogen and oxygen atoms in total. The van der Waals surface area contributed by atoms with Crippen molar-refractivity contribution in [1.29, 1.82) is 0 Å². The van der Waals surface area contributed by atoms with Crippen LogP contribution in [0.3, 0.4) is 0 Å². The molecule has 5 heteroatoms. The van der Waals surface area contributed by atoms with E-state index in [0.29, 0.717) is 17.9 Å². The molecule has 0 atom stereocenters. The second-order valence-electron chi connectivity index (χ2n) is 4.69. The number of amides is 1. The minimum Gasteiger partial charge on any atom is -0.397 e. The Bertz CT molecular complexity index is 433. The molecular weight excluding hydrogens is 242 g/mol. The zero-order chi connectivity index (χ0) is 14.4. The van der Waals surface area contributed by atoms with E-state index in [4.69, 9.17) is 10.5 Å². The number of nitrogens with two attached hydrogens (primary N) is 1. The van der Waals surface area contributed by atoms with E-state index in [2.05, 4.69) is 5.32 Å². The van der Waals surface area contributed by atoms with Crippen molar-refractivity contribution in [3.05, 3.63) is 23.8 Å². The number of anilines is 2. The van der Waals surface area contributed by atoms with Crippen LogP contribution in [0.4, 0.5) is 11.4 Å². The van der Waals surface area contributed by atoms with Gasteiger partial charge in [-0.1, -0.05) is 0 Å². The molecule has 0 heterocycles. The van der Waals surface area contributed by atoms with E-state index >= 15 is 0 Å². The molecule has 0 radical (unpaired) electrons. The predicted molar refractivity (Wildman–Crippen MR) is 78.6 cm³/mol. The van der Waals surface area contributed by atoms with Crippen LogP contribution in [0.25, 0.3) is 0 Å². The Hall–Kier alpha value is -1.75. The third-order valence-corrected chi connectivity index (χ3v) is 2.81. The fourth-order valence-electron chi connectivity index (χ4n) is 1.73. The highest BCUT2D eigenvalue weighted by Gasteiger charge is 2.09. The first-order valence-corrected chi connectivity index (χ1v) is 6.40. The van der Waals surface area contributed by atoms with Gasteiger partial charge in [-0.05, 0) is 32.0 Å². The van der Waals surface area contributed by atoms with Crippen molar-refractivity contribution in [3.8, 4) is 0 Å². The van der Waals surface area contributed by atoms with Gasteiger partial charge in [-0.25, -0.2) is 0 Å². The van der Waals surface area contributed by atoms with Gasteiger partial charge in [-0.15, -0.1) is 0 Å². The monoisotopic (exact) mass is 265 g/mol. The van der Waals surface area contributed by atoms with Crippen molar-refractivity contribution in [2.24, 2.45) is 0 Å². The molecule has 1 amide bonds. The van der Waals surface area contributed by atoms with Crippen LogP contribution >= 0.6 is 0 Å². The van der Waals surface area contributed by atoms with Crippen LogP contribution in [-0.2, 0) is 4.74 Å². The molecule has 0 aromatic heterocycles. The molecule has 0 spiro atoms. The average Bonchev–Trinajstić information content (AvgIpc) is 2.36. The second-order valence-corrected chi connectivity index (χ2v) is 4.69. The molecule has 1 rings (SSSR count). The first-order chi connectivity index (χ1) is 8.95. The topological polar surface area (TPSA) is 67.6 Å². The Balaban J connectivity index is 2.70. The number of nitrogens with zero attached hydrogens (tertiary/aromatic N) is 1. The smallest absolute Gasteiger partial charge is 0.251 e. The fourth-order valence-corrected chi connectivity index (χ4v) is 1.73. The molecule has 3 N–H and O–H groups in total. The summed E-state index contributed by atoms with van der Waals surface area (Å²) in [5, 5.41) is 2.58. The van der Waals surface area contributed by atoms with Crippen LogP contribution in [0, 0.1) is 0 Å². The van der Waals surface area contributed by atoms with Crippen LogP contribution < -0.4 is 16.0 Å². The van der Waals surface area contributed by atoms with Crippen LogP contribution in [0.5, 0.6) is 0 Å². The number of ether oxygens (including phenoxy) is 1. The highest BCUT2D eigenvalue weighted by atomic mass is 16.5. The maximum absolute atomic E-state index is 11.5. The van der Waals surface area contributed by atoms with Gasteiger partial charge >= 0.3 is 0 Å². The van der Waals surface area contributed by atoms with Crippen molar-refractivity contribution >= 4 is 17.3 Å². The standard InChI is InChI=1S/C14H23N3O2/c1-10(2)19-8-7-17(4)13-6-5-11(9-12(13)15)14(18)16-3/h5-6,9-10H,7-8,15H2,1-4H3,(H,16,18). The number of rotatable bonds is 6. The minimum absolute atomic E-state index is 0.135. The lowest BCUT2D eigenvalue weighted by atomic mass is 10.1. The van der Waals surface area contributed by atoms with Crippen LogP contribution in [0.15, 0.2) is 18.2 Å². The molecule has 0 aliphatic heterocycles. The molecule has 0 bridgehead atoms. The number of nitrogen functional groups attached to an aromatic ring is 1. The summed E-state index contributed by atoms with van der Waals surface area (Å²) >= 11 is 0. The van der Waals surface area contributed by atoms with Gasteiger partial charge < -0.3 is 20.7 Å². The highest BCUT2D eigenvalue weighted by Crippen LogP contribution is 2.23. The number of carbonyl (C=O) groups excluding carboxylic acids is 1. The summed E-state index contributed by atoms with van der Waals surface area (Å²) < 4.78 is 5.51. The number of nitrogens with one attached hydrogen (secondary N) is 1. The molecule has 1 aromatic rings. The largest absolute Gasteiger partial charge is 0.397 e. The Morgan fingerprint density at radius 1 is 1.47 bits per heavy atom. The molecule has 0 saturated heterocycles. The Morgan fingerprint density at radius 3 is 2.68 bits per heavy atom. The van der Waals surface area contributed by atoms with Gasteiger partial charge in [0.2, 0.25) is 0 Å². The Kier molecular flexibility index (Phi) is 5.63. The van der Waals surface area contributed by atoms with E-state index < -0.39 is 0 Å². The average molecular weight is 265 g/mol. The quantitative estimate of drug-likeness (QED) is 0.765. The normalized spacial score (nSPS) is 10.6. The third-order valence-electron chi connectivity index (χ3n) is 2.81. The van der Waals surface area contributed by atoms with Gasteiger partial charge in [0.15, 0.2) is 0 Å². The van der Waals surface area contributed by atoms with Crippen molar-refractivity contribution in [2.75, 3.05) is 37.9 Å². The summed E-state index contributed by atoms with van der Waals surface area (Å²) in [6, 6.07) is 5.31. The van der Waals surface area contributed by atoms with Gasteiger partial charge in [-0.3, -0.25) is 4.79 Å². The summed E-state index contributed by atoms with van der Waals surface area (Å²) in [6.45, 7) is 5.41. The molecule has 19 heavy (non-hydrogen) atoms. The van der Waals surface area contributed by atoms with Gasteiger partial charge in [0.25, 0.3) is 5.91 Å².